The van der Waals surface area contributed by atoms with Gasteiger partial charge in [-0.2, -0.15) is 0 Å². The van der Waals surface area contributed by atoms with Crippen molar-refractivity contribution >= 4 is 11.3 Å². The lowest BCUT2D eigenvalue weighted by Gasteiger charge is -2.44. The zero-order chi connectivity index (χ0) is 26.4. The van der Waals surface area contributed by atoms with Crippen LogP contribution in [0.2, 0.25) is 0 Å². The molecule has 5 rings (SSSR count). The van der Waals surface area contributed by atoms with Gasteiger partial charge in [-0.3, -0.25) is 0 Å². The summed E-state index contributed by atoms with van der Waals surface area (Å²) in [5.41, 5.74) is 4.52. The van der Waals surface area contributed by atoms with Gasteiger partial charge in [0, 0.05) is 11.8 Å². The second kappa shape index (κ2) is 10.6. The molecule has 1 aromatic rings. The number of aryl methyl sites for hydroxylation is 1. The van der Waals surface area contributed by atoms with Gasteiger partial charge in [0.05, 0.1) is 29.4 Å². The predicted octanol–water partition coefficient (Wildman–Crippen LogP) is 6.43. The third-order valence-corrected chi connectivity index (χ3v) is 11.3. The van der Waals surface area contributed by atoms with Crippen LogP contribution in [0, 0.1) is 23.2 Å². The summed E-state index contributed by atoms with van der Waals surface area (Å²) in [4.78, 5) is 4.81. The van der Waals surface area contributed by atoms with Crippen LogP contribution in [-0.2, 0) is 11.8 Å². The molecule has 0 spiro atoms. The number of aliphatic hydroxyl groups is 3. The van der Waals surface area contributed by atoms with Crippen molar-refractivity contribution in [2.75, 3.05) is 0 Å². The van der Waals surface area contributed by atoms with Crippen molar-refractivity contribution in [2.24, 2.45) is 23.2 Å². The van der Waals surface area contributed by atoms with Gasteiger partial charge in [-0.05, 0) is 92.1 Å². The summed E-state index contributed by atoms with van der Waals surface area (Å²) in [7, 11) is 0. The number of aliphatic hydroxyl groups excluding tert-OH is 3. The Morgan fingerprint density at radius 2 is 1.97 bits per heavy atom. The number of nitrogens with zero attached hydrogens (tertiary/aromatic N) is 1. The molecule has 1 heterocycles. The summed E-state index contributed by atoms with van der Waals surface area (Å²) in [5.74, 6) is 1.60. The van der Waals surface area contributed by atoms with E-state index in [1.165, 1.54) is 31.3 Å². The summed E-state index contributed by atoms with van der Waals surface area (Å²) in [6, 6.07) is 0. The Morgan fingerprint density at radius 3 is 2.68 bits per heavy atom. The van der Waals surface area contributed by atoms with E-state index < -0.39 is 18.3 Å². The summed E-state index contributed by atoms with van der Waals surface area (Å²) in [6.07, 6.45) is 17.2. The Kier molecular flexibility index (Phi) is 7.72. The Bertz CT molecular complexity index is 1100. The van der Waals surface area contributed by atoms with Crippen LogP contribution in [-0.4, -0.2) is 38.6 Å². The number of thiazole rings is 1. The Hall–Kier alpha value is -1.53. The minimum atomic E-state index is -0.636. The molecule has 4 aliphatic rings. The second-order valence-electron chi connectivity index (χ2n) is 12.5. The van der Waals surface area contributed by atoms with Crippen LogP contribution in [0.3, 0.4) is 0 Å². The molecule has 5 heteroatoms. The number of hydrogen-bond donors (Lipinski definition) is 3. The SMILES string of the molecule is C=C1/C(=C\C=C2/CCC[C@]3(C)[C@@H]([C@@H](C)/C=C/[C@H](O)C4(c5nc(CC)cs5)CC4)CC[C@@H]23)C[C@@H](O)C[C@@H]1O. The van der Waals surface area contributed by atoms with E-state index in [0.717, 1.165) is 47.5 Å². The quantitative estimate of drug-likeness (QED) is 0.360. The van der Waals surface area contributed by atoms with Crippen molar-refractivity contribution < 1.29 is 15.3 Å². The number of fused-ring (bicyclic) bond motifs is 1. The van der Waals surface area contributed by atoms with Crippen molar-refractivity contribution in [2.45, 2.75) is 109 Å². The Balaban J connectivity index is 1.28. The minimum Gasteiger partial charge on any atom is -0.393 e. The van der Waals surface area contributed by atoms with Crippen LogP contribution >= 0.6 is 11.3 Å². The first kappa shape index (κ1) is 27.1. The van der Waals surface area contributed by atoms with Gasteiger partial charge in [-0.25, -0.2) is 4.98 Å². The molecule has 0 aliphatic heterocycles. The van der Waals surface area contributed by atoms with Crippen molar-refractivity contribution in [3.8, 4) is 0 Å². The minimum absolute atomic E-state index is 0.158. The van der Waals surface area contributed by atoms with E-state index in [-0.39, 0.29) is 10.8 Å². The smallest absolute Gasteiger partial charge is 0.102 e. The molecular weight excluding hydrogens is 478 g/mol. The molecule has 1 aromatic heterocycles. The first-order valence-electron chi connectivity index (χ1n) is 14.4. The molecule has 0 bridgehead atoms. The van der Waals surface area contributed by atoms with Gasteiger partial charge < -0.3 is 15.3 Å². The molecule has 0 unspecified atom stereocenters. The fraction of sp³-hybridized carbons (Fsp3) is 0.656. The van der Waals surface area contributed by atoms with Crippen LogP contribution in [0.4, 0.5) is 0 Å². The molecular formula is C32H45NO3S. The van der Waals surface area contributed by atoms with E-state index >= 15 is 0 Å². The molecule has 0 amide bonds. The van der Waals surface area contributed by atoms with E-state index in [1.54, 1.807) is 11.3 Å². The summed E-state index contributed by atoms with van der Waals surface area (Å²) in [6.45, 7) is 11.1. The highest BCUT2D eigenvalue weighted by Gasteiger charge is 2.53. The highest BCUT2D eigenvalue weighted by molar-refractivity contribution is 7.09. The zero-order valence-corrected chi connectivity index (χ0v) is 23.6. The molecule has 7 atom stereocenters. The van der Waals surface area contributed by atoms with E-state index in [9.17, 15) is 15.3 Å². The lowest BCUT2D eigenvalue weighted by Crippen LogP contribution is -2.35. The molecule has 3 N–H and O–H groups in total. The Morgan fingerprint density at radius 1 is 1.19 bits per heavy atom. The van der Waals surface area contributed by atoms with Gasteiger partial charge >= 0.3 is 0 Å². The van der Waals surface area contributed by atoms with Crippen molar-refractivity contribution in [1.82, 2.24) is 4.98 Å². The zero-order valence-electron chi connectivity index (χ0n) is 22.8. The third kappa shape index (κ3) is 5.09. The first-order valence-corrected chi connectivity index (χ1v) is 15.3. The molecule has 202 valence electrons. The maximum atomic E-state index is 11.2. The lowest BCUT2D eigenvalue weighted by atomic mass is 9.61. The summed E-state index contributed by atoms with van der Waals surface area (Å²) < 4.78 is 0. The number of hydrogen-bond acceptors (Lipinski definition) is 5. The van der Waals surface area contributed by atoms with Gasteiger partial charge in [0.15, 0.2) is 0 Å². The third-order valence-electron chi connectivity index (χ3n) is 10.2. The highest BCUT2D eigenvalue weighted by atomic mass is 32.1. The molecule has 37 heavy (non-hydrogen) atoms. The number of allylic oxidation sites excluding steroid dienone is 4. The normalized spacial score (nSPS) is 37.3. The molecule has 0 saturated heterocycles. The average molecular weight is 524 g/mol. The van der Waals surface area contributed by atoms with Crippen molar-refractivity contribution in [1.29, 1.82) is 0 Å². The Labute approximate surface area is 226 Å². The standard InChI is InChI=1S/C32H45NO3S/c1-5-24-19-37-30(33-24)32(15-16-32)29(36)13-8-20(2)26-11-12-27-22(7-6-14-31(26,27)4)9-10-23-17-25(34)18-28(35)21(23)3/h8-10,13,19-20,25-29,34-36H,3,5-7,11-12,14-18H2,1-2,4H3/b13-8+,22-9+,23-10-/t20-,25+,26+,27-,28-,29-,31+/m0/s1. The van der Waals surface area contributed by atoms with Crippen LogP contribution < -0.4 is 0 Å². The van der Waals surface area contributed by atoms with Crippen LogP contribution in [0.1, 0.15) is 89.3 Å². The number of rotatable bonds is 7. The number of aromatic nitrogens is 1. The predicted molar refractivity (Wildman–Crippen MR) is 151 cm³/mol. The topological polar surface area (TPSA) is 73.6 Å². The molecule has 4 nitrogen and oxygen atoms in total. The summed E-state index contributed by atoms with van der Waals surface area (Å²) >= 11 is 1.71. The largest absolute Gasteiger partial charge is 0.393 e. The van der Waals surface area contributed by atoms with E-state index in [0.29, 0.717) is 30.6 Å². The van der Waals surface area contributed by atoms with Gasteiger partial charge in [0.25, 0.3) is 0 Å². The van der Waals surface area contributed by atoms with Crippen LogP contribution in [0.5, 0.6) is 0 Å². The van der Waals surface area contributed by atoms with Crippen molar-refractivity contribution in [3.05, 3.63) is 63.7 Å². The van der Waals surface area contributed by atoms with Gasteiger partial charge in [0.1, 0.15) is 5.01 Å². The molecule has 4 aliphatic carbocycles. The highest BCUT2D eigenvalue weighted by Crippen LogP contribution is 2.60. The summed E-state index contributed by atoms with van der Waals surface area (Å²) in [5, 5.41) is 34.8. The molecule has 4 saturated carbocycles. The van der Waals surface area contributed by atoms with Crippen LogP contribution in [0.25, 0.3) is 0 Å². The molecule has 0 radical (unpaired) electrons. The van der Waals surface area contributed by atoms with Gasteiger partial charge in [0.2, 0.25) is 0 Å². The van der Waals surface area contributed by atoms with Crippen LogP contribution in [0.15, 0.2) is 53.0 Å². The first-order chi connectivity index (χ1) is 17.7. The fourth-order valence-electron chi connectivity index (χ4n) is 7.68. The van der Waals surface area contributed by atoms with Crippen molar-refractivity contribution in [3.63, 3.8) is 0 Å². The van der Waals surface area contributed by atoms with Gasteiger partial charge in [-0.1, -0.05) is 57.2 Å². The molecule has 4 fully saturated rings. The second-order valence-corrected chi connectivity index (χ2v) is 13.4. The average Bonchev–Trinajstić information content (AvgIpc) is 3.39. The lowest BCUT2D eigenvalue weighted by molar-refractivity contribution is 0.0862. The maximum Gasteiger partial charge on any atom is 0.102 e. The fourth-order valence-corrected chi connectivity index (χ4v) is 8.87. The molecule has 0 aromatic carbocycles. The van der Waals surface area contributed by atoms with Gasteiger partial charge in [-0.15, -0.1) is 11.3 Å². The van der Waals surface area contributed by atoms with E-state index in [2.05, 4.69) is 57.0 Å². The maximum absolute atomic E-state index is 11.2. The van der Waals surface area contributed by atoms with E-state index in [1.807, 2.05) is 0 Å². The van der Waals surface area contributed by atoms with E-state index in [4.69, 9.17) is 4.98 Å². The monoisotopic (exact) mass is 523 g/mol.